The van der Waals surface area contributed by atoms with E-state index in [-0.39, 0.29) is 21.2 Å². The average molecular weight is 301 g/mol. The first-order valence-corrected chi connectivity index (χ1v) is 6.89. The second kappa shape index (κ2) is 4.44. The Balaban J connectivity index is 2.58. The van der Waals surface area contributed by atoms with Crippen molar-refractivity contribution in [2.45, 2.75) is 11.8 Å². The summed E-state index contributed by atoms with van der Waals surface area (Å²) in [5, 5.41) is 5.03. The second-order valence-corrected chi connectivity index (χ2v) is 5.70. The third kappa shape index (κ3) is 2.40. The molecular formula is C11H9ClN2O4S. The van der Waals surface area contributed by atoms with E-state index in [4.69, 9.17) is 16.2 Å². The van der Waals surface area contributed by atoms with E-state index in [1.165, 1.54) is 6.07 Å². The smallest absolute Gasteiger partial charge is 0.282 e. The highest BCUT2D eigenvalue weighted by molar-refractivity contribution is 7.85. The molecule has 1 aromatic rings. The van der Waals surface area contributed by atoms with Crippen LogP contribution in [0.5, 0.6) is 0 Å². The van der Waals surface area contributed by atoms with Crippen molar-refractivity contribution in [3.8, 4) is 0 Å². The van der Waals surface area contributed by atoms with Crippen LogP contribution < -0.4 is 5.01 Å². The summed E-state index contributed by atoms with van der Waals surface area (Å²) in [5.41, 5.74) is 0.687. The van der Waals surface area contributed by atoms with Gasteiger partial charge in [0, 0.05) is 0 Å². The van der Waals surface area contributed by atoms with Crippen LogP contribution >= 0.6 is 11.6 Å². The first-order chi connectivity index (χ1) is 8.71. The average Bonchev–Trinajstić information content (AvgIpc) is 2.56. The van der Waals surface area contributed by atoms with Gasteiger partial charge in [-0.1, -0.05) is 18.2 Å². The number of amides is 1. The lowest BCUT2D eigenvalue weighted by Gasteiger charge is -2.14. The zero-order valence-electron chi connectivity index (χ0n) is 9.79. The Morgan fingerprint density at radius 1 is 1.42 bits per heavy atom. The third-order valence-corrected chi connectivity index (χ3v) is 3.75. The minimum Gasteiger partial charge on any atom is -0.282 e. The second-order valence-electron chi connectivity index (χ2n) is 3.87. The van der Waals surface area contributed by atoms with Gasteiger partial charge < -0.3 is 0 Å². The van der Waals surface area contributed by atoms with Gasteiger partial charge in [0.2, 0.25) is 0 Å². The van der Waals surface area contributed by atoms with E-state index < -0.39 is 16.0 Å². The van der Waals surface area contributed by atoms with Gasteiger partial charge in [0.05, 0.1) is 26.9 Å². The fraction of sp³-hybridized carbons (Fsp3) is 0.0909. The van der Waals surface area contributed by atoms with Crippen molar-refractivity contribution >= 4 is 39.0 Å². The van der Waals surface area contributed by atoms with Crippen molar-refractivity contribution in [1.82, 2.24) is 0 Å². The fourth-order valence-corrected chi connectivity index (χ4v) is 2.22. The Bertz CT molecular complexity index is 724. The van der Waals surface area contributed by atoms with Crippen molar-refractivity contribution in [1.29, 1.82) is 0 Å². The van der Waals surface area contributed by atoms with E-state index >= 15 is 0 Å². The van der Waals surface area contributed by atoms with Crippen LogP contribution in [0, 0.1) is 0 Å². The van der Waals surface area contributed by atoms with Crippen LogP contribution in [0.15, 0.2) is 40.3 Å². The molecule has 1 heterocycles. The van der Waals surface area contributed by atoms with Gasteiger partial charge in [-0.15, -0.1) is 0 Å². The van der Waals surface area contributed by atoms with Gasteiger partial charge in [-0.3, -0.25) is 9.35 Å². The standard InChI is InChI=1S/C11H9ClN2O4S/c1-6-7(2)13-14(11(6)15)10-5-8(19(16,17)18)3-4-9(10)12/h3-5H,1H2,2H3,(H,16,17,18). The number of halogens is 1. The minimum atomic E-state index is -4.38. The van der Waals surface area contributed by atoms with Gasteiger partial charge in [-0.05, 0) is 25.1 Å². The molecule has 0 aliphatic carbocycles. The quantitative estimate of drug-likeness (QED) is 0.667. The summed E-state index contributed by atoms with van der Waals surface area (Å²) < 4.78 is 31.1. The van der Waals surface area contributed by atoms with Crippen LogP contribution in [0.25, 0.3) is 0 Å². The summed E-state index contributed by atoms with van der Waals surface area (Å²) in [7, 11) is -4.38. The first kappa shape index (κ1) is 13.7. The highest BCUT2D eigenvalue weighted by atomic mass is 35.5. The lowest BCUT2D eigenvalue weighted by Crippen LogP contribution is -2.21. The molecule has 2 rings (SSSR count). The molecule has 0 unspecified atom stereocenters. The zero-order chi connectivity index (χ0) is 14.4. The van der Waals surface area contributed by atoms with Gasteiger partial charge in [-0.25, -0.2) is 0 Å². The Labute approximate surface area is 114 Å². The topological polar surface area (TPSA) is 87.0 Å². The number of carbonyl (C=O) groups excluding carboxylic acids is 1. The molecule has 0 spiro atoms. The van der Waals surface area contributed by atoms with Crippen LogP contribution in [0.2, 0.25) is 5.02 Å². The molecule has 0 bridgehead atoms. The number of hydrogen-bond donors (Lipinski definition) is 1. The van der Waals surface area contributed by atoms with Crippen LogP contribution in [-0.2, 0) is 14.9 Å². The van der Waals surface area contributed by atoms with Gasteiger partial charge in [-0.2, -0.15) is 18.5 Å². The van der Waals surface area contributed by atoms with Crippen molar-refractivity contribution in [3.05, 3.63) is 35.4 Å². The summed E-state index contributed by atoms with van der Waals surface area (Å²) in [6.45, 7) is 5.16. The molecule has 0 radical (unpaired) electrons. The number of benzene rings is 1. The summed E-state index contributed by atoms with van der Waals surface area (Å²) in [6, 6.07) is 3.47. The SMILES string of the molecule is C=C1C(=O)N(c2cc(S(=O)(=O)O)ccc2Cl)N=C1C. The van der Waals surface area contributed by atoms with Crippen LogP contribution in [-0.4, -0.2) is 24.6 Å². The fourth-order valence-electron chi connectivity index (χ4n) is 1.52. The van der Waals surface area contributed by atoms with Crippen LogP contribution in [0.4, 0.5) is 5.69 Å². The van der Waals surface area contributed by atoms with Gasteiger partial charge in [0.25, 0.3) is 16.0 Å². The van der Waals surface area contributed by atoms with Crippen LogP contribution in [0.1, 0.15) is 6.92 Å². The maximum Gasteiger partial charge on any atom is 0.294 e. The summed E-state index contributed by atoms with van der Waals surface area (Å²) >= 11 is 5.92. The Morgan fingerprint density at radius 2 is 2.05 bits per heavy atom. The maximum absolute atomic E-state index is 11.9. The Kier molecular flexibility index (Phi) is 3.21. The molecule has 0 aromatic heterocycles. The molecule has 19 heavy (non-hydrogen) atoms. The van der Waals surface area contributed by atoms with Crippen molar-refractivity contribution in [2.75, 3.05) is 5.01 Å². The van der Waals surface area contributed by atoms with E-state index in [0.717, 1.165) is 17.1 Å². The molecule has 0 atom stereocenters. The molecule has 6 nitrogen and oxygen atoms in total. The number of hydrazone groups is 1. The molecule has 1 aliphatic heterocycles. The Morgan fingerprint density at radius 3 is 2.53 bits per heavy atom. The number of anilines is 1. The largest absolute Gasteiger partial charge is 0.294 e. The van der Waals surface area contributed by atoms with E-state index in [9.17, 15) is 13.2 Å². The molecule has 1 aliphatic rings. The highest BCUT2D eigenvalue weighted by Crippen LogP contribution is 2.32. The summed E-state index contributed by atoms with van der Waals surface area (Å²) in [4.78, 5) is 11.5. The predicted octanol–water partition coefficient (Wildman–Crippen LogP) is 1.87. The molecular weight excluding hydrogens is 292 g/mol. The van der Waals surface area contributed by atoms with Crippen LogP contribution in [0.3, 0.4) is 0 Å². The van der Waals surface area contributed by atoms with Gasteiger partial charge >= 0.3 is 0 Å². The first-order valence-electron chi connectivity index (χ1n) is 5.08. The molecule has 1 aromatic carbocycles. The molecule has 1 N–H and O–H groups in total. The summed E-state index contributed by atoms with van der Waals surface area (Å²) in [5.74, 6) is -0.494. The number of rotatable bonds is 2. The van der Waals surface area contributed by atoms with E-state index in [1.807, 2.05) is 0 Å². The lowest BCUT2D eigenvalue weighted by atomic mass is 10.2. The maximum atomic E-state index is 11.9. The normalized spacial score (nSPS) is 15.9. The molecule has 0 saturated heterocycles. The van der Waals surface area contributed by atoms with Crippen molar-refractivity contribution < 1.29 is 17.8 Å². The molecule has 0 fully saturated rings. The highest BCUT2D eigenvalue weighted by Gasteiger charge is 2.29. The molecule has 8 heteroatoms. The van der Waals surface area contributed by atoms with Crippen molar-refractivity contribution in [2.24, 2.45) is 5.10 Å². The van der Waals surface area contributed by atoms with Gasteiger partial charge in [0.1, 0.15) is 0 Å². The van der Waals surface area contributed by atoms with E-state index in [1.54, 1.807) is 6.92 Å². The third-order valence-electron chi connectivity index (χ3n) is 2.58. The zero-order valence-corrected chi connectivity index (χ0v) is 11.4. The molecule has 1 amide bonds. The number of carbonyl (C=O) groups is 1. The van der Waals surface area contributed by atoms with Crippen molar-refractivity contribution in [3.63, 3.8) is 0 Å². The number of nitrogens with zero attached hydrogens (tertiary/aromatic N) is 2. The summed E-state index contributed by atoms with van der Waals surface area (Å²) in [6.07, 6.45) is 0. The minimum absolute atomic E-state index is 0.0693. The van der Waals surface area contributed by atoms with E-state index in [0.29, 0.717) is 5.71 Å². The molecule has 100 valence electrons. The van der Waals surface area contributed by atoms with E-state index in [2.05, 4.69) is 11.7 Å². The lowest BCUT2D eigenvalue weighted by molar-refractivity contribution is -0.114. The number of hydrogen-bond acceptors (Lipinski definition) is 4. The Hall–Kier alpha value is -1.70. The van der Waals surface area contributed by atoms with Gasteiger partial charge in [0.15, 0.2) is 0 Å². The predicted molar refractivity (Wildman–Crippen MR) is 71.0 cm³/mol. The monoisotopic (exact) mass is 300 g/mol. The molecule has 0 saturated carbocycles.